The molecule has 2 aliphatic rings. The van der Waals surface area contributed by atoms with Crippen LogP contribution in [0, 0.1) is 0 Å². The number of piperazine rings is 1. The van der Waals surface area contributed by atoms with Crippen molar-refractivity contribution >= 4 is 22.4 Å². The molecule has 0 radical (unpaired) electrons. The van der Waals surface area contributed by atoms with Gasteiger partial charge in [-0.1, -0.05) is 0 Å². The van der Waals surface area contributed by atoms with Gasteiger partial charge in [0.25, 0.3) is 0 Å². The van der Waals surface area contributed by atoms with Crippen molar-refractivity contribution in [2.24, 2.45) is 0 Å². The van der Waals surface area contributed by atoms with Crippen molar-refractivity contribution in [1.82, 2.24) is 19.2 Å². The van der Waals surface area contributed by atoms with E-state index >= 15 is 0 Å². The summed E-state index contributed by atoms with van der Waals surface area (Å²) in [6, 6.07) is 10.1. The Morgan fingerprint density at radius 1 is 1.00 bits per heavy atom. The van der Waals surface area contributed by atoms with Crippen molar-refractivity contribution < 1.29 is 13.2 Å². The van der Waals surface area contributed by atoms with Crippen molar-refractivity contribution in [2.45, 2.75) is 18.9 Å². The van der Waals surface area contributed by atoms with Crippen molar-refractivity contribution in [1.29, 1.82) is 0 Å². The summed E-state index contributed by atoms with van der Waals surface area (Å²) in [4.78, 5) is 13.4. The normalized spacial score (nSPS) is 19.2. The summed E-state index contributed by atoms with van der Waals surface area (Å²) in [6.07, 6.45) is 3.62. The van der Waals surface area contributed by atoms with Gasteiger partial charge in [-0.15, -0.1) is 0 Å². The molecule has 2 aliphatic heterocycles. The highest BCUT2D eigenvalue weighted by atomic mass is 32.2. The lowest BCUT2D eigenvalue weighted by atomic mass is 10.0. The molecule has 1 aromatic heterocycles. The molecule has 0 unspecified atom stereocenters. The van der Waals surface area contributed by atoms with Crippen molar-refractivity contribution in [3.8, 4) is 11.6 Å². The number of benzene rings is 1. The Morgan fingerprint density at radius 3 is 2.33 bits per heavy atom. The van der Waals surface area contributed by atoms with E-state index in [1.54, 1.807) is 6.33 Å². The molecule has 0 aliphatic carbocycles. The molecule has 2 saturated heterocycles. The number of ether oxygens (including phenoxy) is 1. The van der Waals surface area contributed by atoms with Gasteiger partial charge in [0, 0.05) is 64.1 Å². The maximum Gasteiger partial charge on any atom is 0.224 e. The summed E-state index contributed by atoms with van der Waals surface area (Å²) in [7, 11) is -0.568. The van der Waals surface area contributed by atoms with E-state index in [0.717, 1.165) is 56.3 Å². The number of anilines is 2. The largest absolute Gasteiger partial charge is 0.439 e. The molecule has 2 aromatic rings. The summed E-state index contributed by atoms with van der Waals surface area (Å²) in [5.41, 5.74) is 1.02. The molecule has 4 rings (SSSR count). The van der Waals surface area contributed by atoms with E-state index in [9.17, 15) is 8.42 Å². The molecule has 0 saturated carbocycles. The van der Waals surface area contributed by atoms with Gasteiger partial charge in [0.1, 0.15) is 17.9 Å². The molecule has 1 aromatic carbocycles. The smallest absolute Gasteiger partial charge is 0.224 e. The SMILES string of the molecule is CNc1ccc(Oc2cc(N3CCC(N4CCN([SH](=O)=O)CC4)CC3)ncn2)cc1. The van der Waals surface area contributed by atoms with Crippen LogP contribution in [-0.4, -0.2) is 79.9 Å². The van der Waals surface area contributed by atoms with Gasteiger partial charge in [0.2, 0.25) is 16.8 Å². The number of piperidine rings is 1. The quantitative estimate of drug-likeness (QED) is 0.663. The number of thiol groups is 1. The van der Waals surface area contributed by atoms with Crippen LogP contribution in [0.3, 0.4) is 0 Å². The van der Waals surface area contributed by atoms with Crippen LogP contribution in [0.15, 0.2) is 36.7 Å². The zero-order valence-electron chi connectivity index (χ0n) is 17.1. The van der Waals surface area contributed by atoms with Crippen molar-refractivity contribution in [3.63, 3.8) is 0 Å². The molecule has 162 valence electrons. The fourth-order valence-electron chi connectivity index (χ4n) is 4.07. The predicted molar refractivity (Wildman–Crippen MR) is 117 cm³/mol. The minimum absolute atomic E-state index is 0.496. The predicted octanol–water partition coefficient (Wildman–Crippen LogP) is 1.42. The summed E-state index contributed by atoms with van der Waals surface area (Å²) >= 11 is 0. The fraction of sp³-hybridized carbons (Fsp3) is 0.500. The first kappa shape index (κ1) is 20.8. The van der Waals surface area contributed by atoms with E-state index in [1.165, 1.54) is 4.31 Å². The lowest BCUT2D eigenvalue weighted by molar-refractivity contribution is 0.121. The van der Waals surface area contributed by atoms with Gasteiger partial charge in [0.15, 0.2) is 0 Å². The third-order valence-corrected chi connectivity index (χ3v) is 6.68. The average Bonchev–Trinajstić information content (AvgIpc) is 2.80. The van der Waals surface area contributed by atoms with Crippen LogP contribution < -0.4 is 15.0 Å². The maximum absolute atomic E-state index is 11.1. The second-order valence-electron chi connectivity index (χ2n) is 7.54. The van der Waals surface area contributed by atoms with Crippen LogP contribution in [0.2, 0.25) is 0 Å². The Hall–Kier alpha value is -2.43. The minimum atomic E-state index is -2.45. The molecule has 0 spiro atoms. The van der Waals surface area contributed by atoms with Gasteiger partial charge < -0.3 is 15.0 Å². The molecule has 3 heterocycles. The van der Waals surface area contributed by atoms with Gasteiger partial charge in [-0.3, -0.25) is 4.90 Å². The lowest BCUT2D eigenvalue weighted by Crippen LogP contribution is -2.52. The standard InChI is InChI=1S/C20H28N6O3S/c1-21-16-2-4-18(5-3-16)29-20-14-19(22-15-23-20)25-8-6-17(7-9-25)24-10-12-26(13-11-24)30(27)28/h2-5,14-15,17,21,30H,6-13H2,1H3. The van der Waals surface area contributed by atoms with Crippen LogP contribution in [0.4, 0.5) is 11.5 Å². The van der Waals surface area contributed by atoms with E-state index in [2.05, 4.69) is 25.1 Å². The Labute approximate surface area is 178 Å². The van der Waals surface area contributed by atoms with Gasteiger partial charge in [-0.2, -0.15) is 0 Å². The van der Waals surface area contributed by atoms with E-state index < -0.39 is 10.9 Å². The molecule has 1 N–H and O–H groups in total. The first-order chi connectivity index (χ1) is 14.6. The Morgan fingerprint density at radius 2 is 1.70 bits per heavy atom. The number of nitrogens with zero attached hydrogens (tertiary/aromatic N) is 5. The summed E-state index contributed by atoms with van der Waals surface area (Å²) in [5, 5.41) is 3.08. The zero-order valence-corrected chi connectivity index (χ0v) is 18.0. The van der Waals surface area contributed by atoms with Crippen LogP contribution >= 0.6 is 0 Å². The molecule has 2 fully saturated rings. The highest BCUT2D eigenvalue weighted by Crippen LogP contribution is 2.26. The minimum Gasteiger partial charge on any atom is -0.439 e. The molecule has 0 amide bonds. The third-order valence-electron chi connectivity index (χ3n) is 5.82. The van der Waals surface area contributed by atoms with Crippen LogP contribution in [-0.2, 0) is 10.9 Å². The van der Waals surface area contributed by atoms with Crippen LogP contribution in [0.25, 0.3) is 0 Å². The van der Waals surface area contributed by atoms with E-state index in [1.807, 2.05) is 37.4 Å². The zero-order chi connectivity index (χ0) is 20.9. The number of aromatic nitrogens is 2. The lowest BCUT2D eigenvalue weighted by Gasteiger charge is -2.41. The van der Waals surface area contributed by atoms with Gasteiger partial charge in [-0.25, -0.2) is 22.7 Å². The molecule has 0 bridgehead atoms. The maximum atomic E-state index is 11.1. The molecular weight excluding hydrogens is 404 g/mol. The van der Waals surface area contributed by atoms with Crippen LogP contribution in [0.1, 0.15) is 12.8 Å². The fourth-order valence-corrected chi connectivity index (χ4v) is 4.57. The van der Waals surface area contributed by atoms with Gasteiger partial charge in [0.05, 0.1) is 0 Å². The number of hydrogen-bond acceptors (Lipinski definition) is 8. The number of rotatable bonds is 6. The first-order valence-corrected chi connectivity index (χ1v) is 11.4. The van der Waals surface area contributed by atoms with E-state index in [4.69, 9.17) is 4.74 Å². The second kappa shape index (κ2) is 9.59. The molecule has 0 atom stereocenters. The van der Waals surface area contributed by atoms with E-state index in [0.29, 0.717) is 25.0 Å². The van der Waals surface area contributed by atoms with Crippen molar-refractivity contribution in [3.05, 3.63) is 36.7 Å². The van der Waals surface area contributed by atoms with Crippen molar-refractivity contribution in [2.75, 3.05) is 56.5 Å². The molecule has 10 heteroatoms. The molecular formula is C20H28N6O3S. The Balaban J connectivity index is 1.32. The second-order valence-corrected chi connectivity index (χ2v) is 8.58. The van der Waals surface area contributed by atoms with Crippen LogP contribution in [0.5, 0.6) is 11.6 Å². The summed E-state index contributed by atoms with van der Waals surface area (Å²) in [6.45, 7) is 4.64. The van der Waals surface area contributed by atoms with Gasteiger partial charge >= 0.3 is 0 Å². The highest BCUT2D eigenvalue weighted by molar-refractivity contribution is 7.69. The Kier molecular flexibility index (Phi) is 6.66. The number of nitrogens with one attached hydrogen (secondary N) is 1. The topological polar surface area (TPSA) is 90.9 Å². The molecule has 30 heavy (non-hydrogen) atoms. The average molecular weight is 433 g/mol. The van der Waals surface area contributed by atoms with Gasteiger partial charge in [-0.05, 0) is 37.1 Å². The number of hydrogen-bond donors (Lipinski definition) is 2. The Bertz CT molecular complexity index is 899. The monoisotopic (exact) mass is 432 g/mol. The first-order valence-electron chi connectivity index (χ1n) is 10.3. The summed E-state index contributed by atoms with van der Waals surface area (Å²) in [5.74, 6) is 2.14. The summed E-state index contributed by atoms with van der Waals surface area (Å²) < 4.78 is 29.7. The third kappa shape index (κ3) is 5.00. The molecule has 9 nitrogen and oxygen atoms in total. The highest BCUT2D eigenvalue weighted by Gasteiger charge is 2.28. The van der Waals surface area contributed by atoms with E-state index in [-0.39, 0.29) is 0 Å².